The molecule has 0 aromatic carbocycles. The van der Waals surface area contributed by atoms with Crippen molar-refractivity contribution >= 4 is 13.8 Å². The first-order chi connectivity index (χ1) is 25.3. The number of carbonyl (C=O) groups is 1. The van der Waals surface area contributed by atoms with Gasteiger partial charge in [0.25, 0.3) is 0 Å². The lowest BCUT2D eigenvalue weighted by Crippen LogP contribution is -2.29. The fraction of sp³-hybridized carbons (Fsp3) is 0.929. The van der Waals surface area contributed by atoms with Gasteiger partial charge < -0.3 is 24.6 Å². The standard InChI is InChI=1S/C42H83O9P/c1-3-5-7-9-11-13-15-17-19-21-23-25-27-29-31-33-35-48-38-41(39-50-52(46,47)49-37-40(44)36-43)51-42(45)34-32-30-28-26-24-22-20-18-16-14-12-10-8-6-4-2/h18,20,40-41,43-44H,3-17,19,21-39H2,1-2H3,(H,46,47)/b20-18-. The highest BCUT2D eigenvalue weighted by molar-refractivity contribution is 7.47. The van der Waals surface area contributed by atoms with E-state index >= 15 is 0 Å². The van der Waals surface area contributed by atoms with E-state index in [1.54, 1.807) is 0 Å². The molecule has 0 rings (SSSR count). The van der Waals surface area contributed by atoms with Crippen molar-refractivity contribution in [1.82, 2.24) is 0 Å². The van der Waals surface area contributed by atoms with Gasteiger partial charge in [0.05, 0.1) is 26.4 Å². The molecule has 0 aliphatic carbocycles. The first kappa shape index (κ1) is 51.2. The Balaban J connectivity index is 4.15. The van der Waals surface area contributed by atoms with Crippen LogP contribution < -0.4 is 0 Å². The molecule has 9 nitrogen and oxygen atoms in total. The summed E-state index contributed by atoms with van der Waals surface area (Å²) in [6.07, 6.45) is 38.8. The molecular formula is C42H83O9P. The van der Waals surface area contributed by atoms with Crippen LogP contribution >= 0.6 is 7.82 Å². The van der Waals surface area contributed by atoms with E-state index in [9.17, 15) is 19.4 Å². The summed E-state index contributed by atoms with van der Waals surface area (Å²) in [5.41, 5.74) is 0. The molecule has 0 heterocycles. The Kier molecular flexibility index (Phi) is 39.3. The molecule has 3 unspecified atom stereocenters. The summed E-state index contributed by atoms with van der Waals surface area (Å²) in [4.78, 5) is 22.5. The molecule has 52 heavy (non-hydrogen) atoms. The molecule has 0 saturated heterocycles. The zero-order chi connectivity index (χ0) is 38.2. The molecule has 3 N–H and O–H groups in total. The number of phosphoric acid groups is 1. The molecule has 0 aliphatic rings. The third-order valence-electron chi connectivity index (χ3n) is 9.45. The predicted molar refractivity (Wildman–Crippen MR) is 215 cm³/mol. The fourth-order valence-electron chi connectivity index (χ4n) is 6.12. The lowest BCUT2D eigenvalue weighted by atomic mass is 10.0. The van der Waals surface area contributed by atoms with Crippen LogP contribution in [0.2, 0.25) is 0 Å². The number of rotatable bonds is 42. The Labute approximate surface area is 320 Å². The van der Waals surface area contributed by atoms with Crippen molar-refractivity contribution in [2.75, 3.05) is 33.0 Å². The second-order valence-corrected chi connectivity index (χ2v) is 16.2. The SMILES string of the molecule is CCCCCCCC/C=C\CCCCCCCC(=O)OC(COCCCCCCCCCCCCCCCCCC)COP(=O)(O)OCC(O)CO. The van der Waals surface area contributed by atoms with Gasteiger partial charge >= 0.3 is 13.8 Å². The molecule has 10 heteroatoms. The summed E-state index contributed by atoms with van der Waals surface area (Å²) in [6, 6.07) is 0. The van der Waals surface area contributed by atoms with Crippen molar-refractivity contribution < 1.29 is 43.0 Å². The summed E-state index contributed by atoms with van der Waals surface area (Å²) in [5, 5.41) is 18.3. The average molecular weight is 763 g/mol. The Morgan fingerprint density at radius 2 is 0.981 bits per heavy atom. The smallest absolute Gasteiger partial charge is 0.457 e. The van der Waals surface area contributed by atoms with E-state index in [0.717, 1.165) is 51.4 Å². The zero-order valence-electron chi connectivity index (χ0n) is 33.8. The fourth-order valence-corrected chi connectivity index (χ4v) is 6.91. The third-order valence-corrected chi connectivity index (χ3v) is 10.4. The molecule has 0 aromatic heterocycles. The van der Waals surface area contributed by atoms with E-state index in [1.165, 1.54) is 135 Å². The second kappa shape index (κ2) is 39.9. The van der Waals surface area contributed by atoms with Gasteiger partial charge in [-0.2, -0.15) is 0 Å². The molecule has 0 spiro atoms. The normalized spacial score (nSPS) is 14.2. The van der Waals surface area contributed by atoms with Crippen molar-refractivity contribution in [3.05, 3.63) is 12.2 Å². The number of esters is 1. The van der Waals surface area contributed by atoms with E-state index in [-0.39, 0.29) is 25.6 Å². The number of aliphatic hydroxyl groups excluding tert-OH is 2. The first-order valence-corrected chi connectivity index (χ1v) is 23.2. The van der Waals surface area contributed by atoms with Gasteiger partial charge in [0.2, 0.25) is 0 Å². The molecule has 0 fully saturated rings. The molecule has 0 saturated carbocycles. The van der Waals surface area contributed by atoms with Gasteiger partial charge in [-0.05, 0) is 38.5 Å². The minimum Gasteiger partial charge on any atom is -0.457 e. The van der Waals surface area contributed by atoms with Gasteiger partial charge in [-0.15, -0.1) is 0 Å². The van der Waals surface area contributed by atoms with Crippen LogP contribution in [0.1, 0.15) is 206 Å². The van der Waals surface area contributed by atoms with Crippen LogP contribution in [0.5, 0.6) is 0 Å². The number of hydrogen-bond donors (Lipinski definition) is 3. The van der Waals surface area contributed by atoms with Crippen molar-refractivity contribution in [3.8, 4) is 0 Å². The van der Waals surface area contributed by atoms with Crippen LogP contribution in [-0.4, -0.2) is 66.3 Å². The molecule has 310 valence electrons. The van der Waals surface area contributed by atoms with Crippen LogP contribution in [-0.2, 0) is 27.9 Å². The van der Waals surface area contributed by atoms with Gasteiger partial charge in [0.1, 0.15) is 12.2 Å². The van der Waals surface area contributed by atoms with Crippen LogP contribution in [0.15, 0.2) is 12.2 Å². The molecule has 0 amide bonds. The van der Waals surface area contributed by atoms with Crippen LogP contribution in [0, 0.1) is 0 Å². The molecule has 3 atom stereocenters. The van der Waals surface area contributed by atoms with Gasteiger partial charge in [0, 0.05) is 13.0 Å². The van der Waals surface area contributed by atoms with Crippen molar-refractivity contribution in [2.45, 2.75) is 219 Å². The Morgan fingerprint density at radius 1 is 0.577 bits per heavy atom. The van der Waals surface area contributed by atoms with E-state index < -0.39 is 33.2 Å². The summed E-state index contributed by atoms with van der Waals surface area (Å²) in [7, 11) is -4.51. The monoisotopic (exact) mass is 763 g/mol. The number of allylic oxidation sites excluding steroid dienone is 2. The Hall–Kier alpha value is -0.800. The van der Waals surface area contributed by atoms with Crippen molar-refractivity contribution in [2.24, 2.45) is 0 Å². The summed E-state index contributed by atoms with van der Waals surface area (Å²) < 4.78 is 33.4. The van der Waals surface area contributed by atoms with Crippen molar-refractivity contribution in [3.63, 3.8) is 0 Å². The topological polar surface area (TPSA) is 132 Å². The second-order valence-electron chi connectivity index (χ2n) is 14.7. The van der Waals surface area contributed by atoms with Gasteiger partial charge in [-0.1, -0.05) is 174 Å². The molecule has 0 aliphatic heterocycles. The molecular weight excluding hydrogens is 679 g/mol. The lowest BCUT2D eigenvalue weighted by molar-refractivity contribution is -0.154. The van der Waals surface area contributed by atoms with E-state index in [0.29, 0.717) is 6.61 Å². The van der Waals surface area contributed by atoms with Crippen LogP contribution in [0.25, 0.3) is 0 Å². The Morgan fingerprint density at radius 3 is 1.44 bits per heavy atom. The lowest BCUT2D eigenvalue weighted by Gasteiger charge is -2.20. The van der Waals surface area contributed by atoms with Gasteiger partial charge in [-0.25, -0.2) is 4.57 Å². The maximum Gasteiger partial charge on any atom is 0.472 e. The number of phosphoric ester groups is 1. The maximum atomic E-state index is 12.6. The highest BCUT2D eigenvalue weighted by Gasteiger charge is 2.26. The Bertz CT molecular complexity index is 825. The number of ether oxygens (including phenoxy) is 2. The number of hydrogen-bond acceptors (Lipinski definition) is 8. The van der Waals surface area contributed by atoms with E-state index in [2.05, 4.69) is 26.0 Å². The first-order valence-electron chi connectivity index (χ1n) is 21.7. The summed E-state index contributed by atoms with van der Waals surface area (Å²) >= 11 is 0. The summed E-state index contributed by atoms with van der Waals surface area (Å²) in [6.45, 7) is 3.54. The van der Waals surface area contributed by atoms with E-state index in [1.807, 2.05) is 0 Å². The largest absolute Gasteiger partial charge is 0.472 e. The minimum absolute atomic E-state index is 0.0517. The highest BCUT2D eigenvalue weighted by atomic mass is 31.2. The van der Waals surface area contributed by atoms with Crippen molar-refractivity contribution in [1.29, 1.82) is 0 Å². The van der Waals surface area contributed by atoms with Gasteiger partial charge in [-0.3, -0.25) is 13.8 Å². The maximum absolute atomic E-state index is 12.6. The number of unbranched alkanes of at least 4 members (excludes halogenated alkanes) is 26. The predicted octanol–water partition coefficient (Wildman–Crippen LogP) is 11.7. The van der Waals surface area contributed by atoms with Gasteiger partial charge in [0.15, 0.2) is 0 Å². The molecule has 0 bridgehead atoms. The number of aliphatic hydroxyl groups is 2. The van der Waals surface area contributed by atoms with Crippen LogP contribution in [0.3, 0.4) is 0 Å². The molecule has 0 radical (unpaired) electrons. The average Bonchev–Trinajstić information content (AvgIpc) is 3.13. The summed E-state index contributed by atoms with van der Waals surface area (Å²) in [5.74, 6) is -0.387. The van der Waals surface area contributed by atoms with Crippen LogP contribution in [0.4, 0.5) is 0 Å². The quantitative estimate of drug-likeness (QED) is 0.0241. The highest BCUT2D eigenvalue weighted by Crippen LogP contribution is 2.43. The zero-order valence-corrected chi connectivity index (χ0v) is 34.7. The van der Waals surface area contributed by atoms with E-state index in [4.69, 9.17) is 23.6 Å². The number of carbonyl (C=O) groups excluding carboxylic acids is 1. The minimum atomic E-state index is -4.51. The third kappa shape index (κ3) is 38.9. The molecule has 0 aromatic rings.